The zero-order valence-electron chi connectivity index (χ0n) is 17.3. The second-order valence-corrected chi connectivity index (χ2v) is 6.59. The van der Waals surface area contributed by atoms with Crippen LogP contribution in [0, 0.1) is 0 Å². The number of alkyl halides is 3. The number of guanidine groups is 1. The summed E-state index contributed by atoms with van der Waals surface area (Å²) in [6.45, 7) is 2.25. The summed E-state index contributed by atoms with van der Waals surface area (Å²) >= 11 is 0. The Labute approximate surface area is 201 Å². The number of aromatic nitrogens is 3. The Balaban J connectivity index is 0.00000363. The molecule has 172 valence electrons. The second kappa shape index (κ2) is 12.3. The van der Waals surface area contributed by atoms with Crippen LogP contribution in [0.3, 0.4) is 0 Å². The standard InChI is InChI=1S/C21H23F3N6O.HI/c1-2-26-20(28-11-16-3-6-18(7-4-16)31-14-21(22,23)24)29-13-17-5-8-19(27-12-17)30-10-9-25-15-30;/h3-10,12,15H,2,11,13-14H2,1H3,(H2,26,28,29);1H. The average molecular weight is 560 g/mol. The van der Waals surface area contributed by atoms with E-state index in [-0.39, 0.29) is 29.7 Å². The maximum atomic E-state index is 12.2. The number of benzene rings is 1. The van der Waals surface area contributed by atoms with Crippen LogP contribution in [0.25, 0.3) is 5.82 Å². The number of imidazole rings is 1. The summed E-state index contributed by atoms with van der Waals surface area (Å²) < 4.78 is 43.2. The molecule has 2 aromatic heterocycles. The number of hydrogen-bond acceptors (Lipinski definition) is 4. The number of aliphatic imine (C=N–C) groups is 1. The molecule has 2 N–H and O–H groups in total. The summed E-state index contributed by atoms with van der Waals surface area (Å²) in [6.07, 6.45) is 2.61. The highest BCUT2D eigenvalue weighted by atomic mass is 127. The maximum absolute atomic E-state index is 12.2. The Morgan fingerprint density at radius 1 is 1.09 bits per heavy atom. The molecule has 3 rings (SSSR count). The summed E-state index contributed by atoms with van der Waals surface area (Å²) in [5, 5.41) is 6.36. The summed E-state index contributed by atoms with van der Waals surface area (Å²) in [6, 6.07) is 10.3. The van der Waals surface area contributed by atoms with Gasteiger partial charge in [0, 0.05) is 31.7 Å². The summed E-state index contributed by atoms with van der Waals surface area (Å²) in [5.41, 5.74) is 1.84. The molecule has 0 unspecified atom stereocenters. The molecule has 0 amide bonds. The molecule has 0 atom stereocenters. The fraction of sp³-hybridized carbons (Fsp3) is 0.286. The van der Waals surface area contributed by atoms with Crippen LogP contribution in [-0.2, 0) is 13.1 Å². The zero-order valence-corrected chi connectivity index (χ0v) is 19.7. The first-order chi connectivity index (χ1) is 14.9. The smallest absolute Gasteiger partial charge is 0.422 e. The van der Waals surface area contributed by atoms with Crippen LogP contribution in [0.15, 0.2) is 66.3 Å². The van der Waals surface area contributed by atoms with Gasteiger partial charge in [-0.1, -0.05) is 18.2 Å². The van der Waals surface area contributed by atoms with Crippen LogP contribution in [0.2, 0.25) is 0 Å². The Morgan fingerprint density at radius 2 is 1.84 bits per heavy atom. The molecule has 0 spiro atoms. The van der Waals surface area contributed by atoms with Crippen molar-refractivity contribution in [1.29, 1.82) is 0 Å². The number of pyridine rings is 1. The highest BCUT2D eigenvalue weighted by Crippen LogP contribution is 2.18. The van der Waals surface area contributed by atoms with Gasteiger partial charge in [0.15, 0.2) is 12.6 Å². The largest absolute Gasteiger partial charge is 0.484 e. The molecule has 0 fully saturated rings. The fourth-order valence-corrected chi connectivity index (χ4v) is 2.62. The van der Waals surface area contributed by atoms with Crippen molar-refractivity contribution in [1.82, 2.24) is 25.2 Å². The van der Waals surface area contributed by atoms with Crippen LogP contribution in [-0.4, -0.2) is 39.8 Å². The lowest BCUT2D eigenvalue weighted by molar-refractivity contribution is -0.153. The third-order valence-corrected chi connectivity index (χ3v) is 4.13. The Bertz CT molecular complexity index is 961. The maximum Gasteiger partial charge on any atom is 0.422 e. The van der Waals surface area contributed by atoms with Crippen molar-refractivity contribution >= 4 is 29.9 Å². The molecule has 0 saturated carbocycles. The van der Waals surface area contributed by atoms with E-state index in [2.05, 4.69) is 25.6 Å². The number of hydrogen-bond donors (Lipinski definition) is 2. The molecular weight excluding hydrogens is 536 g/mol. The zero-order chi connectivity index (χ0) is 22.1. The molecule has 32 heavy (non-hydrogen) atoms. The molecule has 0 saturated heterocycles. The van der Waals surface area contributed by atoms with Crippen LogP contribution < -0.4 is 15.4 Å². The van der Waals surface area contributed by atoms with Gasteiger partial charge in [0.2, 0.25) is 0 Å². The number of ether oxygens (including phenoxy) is 1. The average Bonchev–Trinajstić information content (AvgIpc) is 3.30. The summed E-state index contributed by atoms with van der Waals surface area (Å²) in [5.74, 6) is 1.57. The van der Waals surface area contributed by atoms with E-state index in [0.29, 0.717) is 25.6 Å². The number of rotatable bonds is 8. The third-order valence-electron chi connectivity index (χ3n) is 4.13. The van der Waals surface area contributed by atoms with Crippen LogP contribution in [0.5, 0.6) is 5.75 Å². The van der Waals surface area contributed by atoms with Crippen LogP contribution >= 0.6 is 24.0 Å². The molecule has 0 aliphatic heterocycles. The van der Waals surface area contributed by atoms with Gasteiger partial charge in [0.1, 0.15) is 17.9 Å². The molecule has 0 aliphatic carbocycles. The number of halogens is 4. The quantitative estimate of drug-likeness (QED) is 0.247. The topological polar surface area (TPSA) is 76.4 Å². The number of nitrogens with one attached hydrogen (secondary N) is 2. The third kappa shape index (κ3) is 8.36. The molecule has 7 nitrogen and oxygen atoms in total. The Morgan fingerprint density at radius 3 is 2.44 bits per heavy atom. The van der Waals surface area contributed by atoms with Gasteiger partial charge in [-0.2, -0.15) is 13.2 Å². The highest BCUT2D eigenvalue weighted by molar-refractivity contribution is 14.0. The van der Waals surface area contributed by atoms with E-state index in [9.17, 15) is 13.2 Å². The lowest BCUT2D eigenvalue weighted by Crippen LogP contribution is -2.36. The van der Waals surface area contributed by atoms with Crippen molar-refractivity contribution in [2.45, 2.75) is 26.2 Å². The predicted octanol–water partition coefficient (Wildman–Crippen LogP) is 4.08. The number of nitrogens with zero attached hydrogens (tertiary/aromatic N) is 4. The van der Waals surface area contributed by atoms with Gasteiger partial charge in [-0.15, -0.1) is 24.0 Å². The first-order valence-electron chi connectivity index (χ1n) is 9.67. The first kappa shape index (κ1) is 25.4. The lowest BCUT2D eigenvalue weighted by Gasteiger charge is -2.12. The van der Waals surface area contributed by atoms with E-state index in [0.717, 1.165) is 16.9 Å². The van der Waals surface area contributed by atoms with Gasteiger partial charge in [-0.3, -0.25) is 4.57 Å². The van der Waals surface area contributed by atoms with E-state index < -0.39 is 12.8 Å². The van der Waals surface area contributed by atoms with E-state index in [1.54, 1.807) is 30.9 Å². The van der Waals surface area contributed by atoms with Crippen molar-refractivity contribution in [3.63, 3.8) is 0 Å². The van der Waals surface area contributed by atoms with Crippen molar-refractivity contribution in [2.24, 2.45) is 4.99 Å². The summed E-state index contributed by atoms with van der Waals surface area (Å²) in [7, 11) is 0. The van der Waals surface area contributed by atoms with Crippen LogP contribution in [0.1, 0.15) is 18.1 Å². The SMILES string of the molecule is CCNC(=NCc1ccc(-n2ccnc2)nc1)NCc1ccc(OCC(F)(F)F)cc1.I. The van der Waals surface area contributed by atoms with E-state index in [4.69, 9.17) is 4.74 Å². The van der Waals surface area contributed by atoms with E-state index in [1.165, 1.54) is 12.1 Å². The molecule has 1 aromatic carbocycles. The van der Waals surface area contributed by atoms with Gasteiger partial charge in [0.05, 0.1) is 6.54 Å². The van der Waals surface area contributed by atoms with Crippen molar-refractivity contribution in [2.75, 3.05) is 13.2 Å². The lowest BCUT2D eigenvalue weighted by atomic mass is 10.2. The van der Waals surface area contributed by atoms with Crippen molar-refractivity contribution in [3.05, 3.63) is 72.4 Å². The molecule has 0 radical (unpaired) electrons. The van der Waals surface area contributed by atoms with E-state index in [1.807, 2.05) is 29.8 Å². The molecule has 3 aromatic rings. The molecule has 2 heterocycles. The van der Waals surface area contributed by atoms with Crippen LogP contribution in [0.4, 0.5) is 13.2 Å². The summed E-state index contributed by atoms with van der Waals surface area (Å²) in [4.78, 5) is 13.0. The van der Waals surface area contributed by atoms with E-state index >= 15 is 0 Å². The molecule has 11 heteroatoms. The second-order valence-electron chi connectivity index (χ2n) is 6.59. The minimum Gasteiger partial charge on any atom is -0.484 e. The Kier molecular flexibility index (Phi) is 9.75. The predicted molar refractivity (Wildman–Crippen MR) is 126 cm³/mol. The van der Waals surface area contributed by atoms with Gasteiger partial charge in [-0.25, -0.2) is 15.0 Å². The van der Waals surface area contributed by atoms with Gasteiger partial charge >= 0.3 is 6.18 Å². The van der Waals surface area contributed by atoms with Gasteiger partial charge < -0.3 is 15.4 Å². The monoisotopic (exact) mass is 560 g/mol. The highest BCUT2D eigenvalue weighted by Gasteiger charge is 2.28. The Hall–Kier alpha value is -2.83. The van der Waals surface area contributed by atoms with Crippen molar-refractivity contribution in [3.8, 4) is 11.6 Å². The van der Waals surface area contributed by atoms with Gasteiger partial charge in [0.25, 0.3) is 0 Å². The fourth-order valence-electron chi connectivity index (χ4n) is 2.62. The molecule has 0 bridgehead atoms. The van der Waals surface area contributed by atoms with Gasteiger partial charge in [-0.05, 0) is 36.2 Å². The first-order valence-corrected chi connectivity index (χ1v) is 9.67. The van der Waals surface area contributed by atoms with Crippen molar-refractivity contribution < 1.29 is 17.9 Å². The molecular formula is C21H24F3IN6O. The molecule has 0 aliphatic rings. The minimum atomic E-state index is -4.35. The minimum absolute atomic E-state index is 0. The normalized spacial score (nSPS) is 11.6.